The number of nitrogens with one attached hydrogen (secondary N) is 2. The number of nitrogens with zero attached hydrogens (tertiary/aromatic N) is 3. The summed E-state index contributed by atoms with van der Waals surface area (Å²) < 4.78 is 0. The van der Waals surface area contributed by atoms with Crippen LogP contribution in [0.1, 0.15) is 38.8 Å². The Balaban J connectivity index is 0.00000392. The fourth-order valence-corrected chi connectivity index (χ4v) is 3.62. The van der Waals surface area contributed by atoms with Crippen molar-refractivity contribution in [3.05, 3.63) is 35.4 Å². The maximum atomic E-state index is 12.6. The Kier molecular flexibility index (Phi) is 10.8. The van der Waals surface area contributed by atoms with Crippen LogP contribution in [0.4, 0.5) is 0 Å². The third-order valence-electron chi connectivity index (χ3n) is 5.10. The van der Waals surface area contributed by atoms with E-state index in [0.29, 0.717) is 24.6 Å². The zero-order valence-electron chi connectivity index (χ0n) is 17.9. The molecular weight excluding hydrogens is 465 g/mol. The first-order valence-corrected chi connectivity index (χ1v) is 9.97. The van der Waals surface area contributed by atoms with E-state index in [1.807, 2.05) is 11.0 Å². The maximum absolute atomic E-state index is 12.6. The minimum absolute atomic E-state index is 0. The molecule has 158 valence electrons. The number of guanidine groups is 1. The highest BCUT2D eigenvalue weighted by Gasteiger charge is 2.20. The monoisotopic (exact) mass is 501 g/mol. The lowest BCUT2D eigenvalue weighted by Gasteiger charge is -2.31. The van der Waals surface area contributed by atoms with Crippen LogP contribution in [-0.4, -0.2) is 67.0 Å². The van der Waals surface area contributed by atoms with Crippen molar-refractivity contribution < 1.29 is 4.79 Å². The van der Waals surface area contributed by atoms with E-state index in [2.05, 4.69) is 66.4 Å². The molecule has 0 saturated carbocycles. The molecule has 0 bridgehead atoms. The van der Waals surface area contributed by atoms with Gasteiger partial charge in [0.15, 0.2) is 5.96 Å². The van der Waals surface area contributed by atoms with E-state index in [0.717, 1.165) is 26.1 Å². The molecule has 7 heteroatoms. The summed E-state index contributed by atoms with van der Waals surface area (Å²) in [5.74, 6) is 0.784. The number of carbonyl (C=O) groups excluding carboxylic acids is 1. The second kappa shape index (κ2) is 12.3. The Bertz CT molecular complexity index is 639. The predicted molar refractivity (Wildman–Crippen MR) is 127 cm³/mol. The summed E-state index contributed by atoms with van der Waals surface area (Å²) in [5.41, 5.74) is 2.61. The van der Waals surface area contributed by atoms with E-state index in [4.69, 9.17) is 0 Å². The first kappa shape index (κ1) is 24.7. The minimum Gasteiger partial charge on any atom is -0.355 e. The fourth-order valence-electron chi connectivity index (χ4n) is 3.62. The van der Waals surface area contributed by atoms with Gasteiger partial charge < -0.3 is 15.5 Å². The largest absolute Gasteiger partial charge is 0.355 e. The first-order chi connectivity index (χ1) is 12.9. The molecule has 0 atom stereocenters. The van der Waals surface area contributed by atoms with Crippen LogP contribution in [0.2, 0.25) is 0 Å². The summed E-state index contributed by atoms with van der Waals surface area (Å²) in [6.07, 6.45) is 0.926. The number of benzene rings is 1. The molecule has 0 unspecified atom stereocenters. The second-order valence-corrected chi connectivity index (χ2v) is 7.61. The molecule has 0 saturated heterocycles. The van der Waals surface area contributed by atoms with Crippen LogP contribution in [0.25, 0.3) is 0 Å². The molecular formula is C21H36IN5O. The Labute approximate surface area is 187 Å². The standard InChI is InChI=1S/C21H35N5O.HI/c1-16(2)26(17(3)4)13-11-23-21(22-5)24-14-20(27)25-12-10-18-8-6-7-9-19(18)15-25;/h6-9,16-17H,10-15H2,1-5H3,(H2,22,23,24);1H. The van der Waals surface area contributed by atoms with Gasteiger partial charge in [-0.05, 0) is 45.2 Å². The number of rotatable bonds is 7. The average Bonchev–Trinajstić information content (AvgIpc) is 2.66. The molecule has 6 nitrogen and oxygen atoms in total. The first-order valence-electron chi connectivity index (χ1n) is 9.97. The molecule has 0 fully saturated rings. The zero-order valence-corrected chi connectivity index (χ0v) is 20.2. The average molecular weight is 501 g/mol. The lowest BCUT2D eigenvalue weighted by atomic mass is 10.00. The molecule has 2 N–H and O–H groups in total. The molecule has 1 aliphatic heterocycles. The van der Waals surface area contributed by atoms with Crippen molar-refractivity contribution in [1.29, 1.82) is 0 Å². The number of hydrogen-bond acceptors (Lipinski definition) is 3. The van der Waals surface area contributed by atoms with E-state index in [1.165, 1.54) is 11.1 Å². The second-order valence-electron chi connectivity index (χ2n) is 7.61. The smallest absolute Gasteiger partial charge is 0.242 e. The van der Waals surface area contributed by atoms with Crippen molar-refractivity contribution in [2.45, 2.75) is 52.7 Å². The molecule has 2 rings (SSSR count). The molecule has 28 heavy (non-hydrogen) atoms. The summed E-state index contributed by atoms with van der Waals surface area (Å²) >= 11 is 0. The van der Waals surface area contributed by atoms with Gasteiger partial charge in [-0.15, -0.1) is 24.0 Å². The van der Waals surface area contributed by atoms with Crippen molar-refractivity contribution >= 4 is 35.8 Å². The number of fused-ring (bicyclic) bond motifs is 1. The molecule has 1 amide bonds. The Hall–Kier alpha value is -1.35. The Morgan fingerprint density at radius 1 is 1.14 bits per heavy atom. The molecule has 1 aromatic rings. The highest BCUT2D eigenvalue weighted by molar-refractivity contribution is 14.0. The van der Waals surface area contributed by atoms with Crippen molar-refractivity contribution in [3.63, 3.8) is 0 Å². The molecule has 1 aliphatic rings. The van der Waals surface area contributed by atoms with E-state index >= 15 is 0 Å². The van der Waals surface area contributed by atoms with Gasteiger partial charge in [0.25, 0.3) is 0 Å². The van der Waals surface area contributed by atoms with Crippen LogP contribution >= 0.6 is 24.0 Å². The molecule has 0 radical (unpaired) electrons. The van der Waals surface area contributed by atoms with E-state index < -0.39 is 0 Å². The van der Waals surface area contributed by atoms with Gasteiger partial charge in [0.2, 0.25) is 5.91 Å². The number of carbonyl (C=O) groups is 1. The van der Waals surface area contributed by atoms with Crippen molar-refractivity contribution in [2.24, 2.45) is 4.99 Å². The van der Waals surface area contributed by atoms with Gasteiger partial charge in [-0.2, -0.15) is 0 Å². The number of amides is 1. The molecule has 1 aromatic carbocycles. The van der Waals surface area contributed by atoms with E-state index in [1.54, 1.807) is 7.05 Å². The molecule has 0 spiro atoms. The topological polar surface area (TPSA) is 60.0 Å². The molecule has 0 aromatic heterocycles. The van der Waals surface area contributed by atoms with E-state index in [9.17, 15) is 4.79 Å². The summed E-state index contributed by atoms with van der Waals surface area (Å²) in [5, 5.41) is 6.46. The normalized spacial score (nSPS) is 14.1. The van der Waals surface area contributed by atoms with Crippen LogP contribution in [0, 0.1) is 0 Å². The highest BCUT2D eigenvalue weighted by Crippen LogP contribution is 2.18. The maximum Gasteiger partial charge on any atom is 0.242 e. The molecule has 1 heterocycles. The lowest BCUT2D eigenvalue weighted by Crippen LogP contribution is -2.48. The van der Waals surface area contributed by atoms with Crippen LogP contribution in [-0.2, 0) is 17.8 Å². The van der Waals surface area contributed by atoms with Crippen LogP contribution in [0.15, 0.2) is 29.3 Å². The van der Waals surface area contributed by atoms with Gasteiger partial charge >= 0.3 is 0 Å². The van der Waals surface area contributed by atoms with Gasteiger partial charge in [0, 0.05) is 45.3 Å². The number of hydrogen-bond donors (Lipinski definition) is 2. The summed E-state index contributed by atoms with van der Waals surface area (Å²) in [6, 6.07) is 9.37. The zero-order chi connectivity index (χ0) is 19.8. The third-order valence-corrected chi connectivity index (χ3v) is 5.10. The Morgan fingerprint density at radius 2 is 1.79 bits per heavy atom. The fraction of sp³-hybridized carbons (Fsp3) is 0.619. The minimum atomic E-state index is 0. The van der Waals surface area contributed by atoms with Gasteiger partial charge in [-0.3, -0.25) is 14.7 Å². The quantitative estimate of drug-likeness (QED) is 0.343. The number of aliphatic imine (C=N–C) groups is 1. The summed E-state index contributed by atoms with van der Waals surface area (Å²) in [7, 11) is 1.74. The highest BCUT2D eigenvalue weighted by atomic mass is 127. The van der Waals surface area contributed by atoms with Gasteiger partial charge in [-0.25, -0.2) is 0 Å². The van der Waals surface area contributed by atoms with Gasteiger partial charge in [0.1, 0.15) is 0 Å². The predicted octanol–water partition coefficient (Wildman–Crippen LogP) is 2.47. The van der Waals surface area contributed by atoms with E-state index in [-0.39, 0.29) is 36.4 Å². The summed E-state index contributed by atoms with van der Waals surface area (Å²) in [4.78, 5) is 21.1. The van der Waals surface area contributed by atoms with Crippen LogP contribution < -0.4 is 10.6 Å². The van der Waals surface area contributed by atoms with Gasteiger partial charge in [-0.1, -0.05) is 24.3 Å². The van der Waals surface area contributed by atoms with Crippen molar-refractivity contribution in [1.82, 2.24) is 20.4 Å². The van der Waals surface area contributed by atoms with Gasteiger partial charge in [0.05, 0.1) is 6.54 Å². The van der Waals surface area contributed by atoms with Crippen molar-refractivity contribution in [3.8, 4) is 0 Å². The van der Waals surface area contributed by atoms with Crippen molar-refractivity contribution in [2.75, 3.05) is 33.2 Å². The third kappa shape index (κ3) is 7.24. The lowest BCUT2D eigenvalue weighted by molar-refractivity contribution is -0.130. The van der Waals surface area contributed by atoms with Crippen LogP contribution in [0.5, 0.6) is 0 Å². The number of halogens is 1. The molecule has 0 aliphatic carbocycles. The van der Waals surface area contributed by atoms with Crippen LogP contribution in [0.3, 0.4) is 0 Å². The SMILES string of the molecule is CN=C(NCCN(C(C)C)C(C)C)NCC(=O)N1CCc2ccccc2C1.I. The summed E-state index contributed by atoms with van der Waals surface area (Å²) in [6.45, 7) is 12.3. The Morgan fingerprint density at radius 3 is 2.39 bits per heavy atom.